The van der Waals surface area contributed by atoms with Gasteiger partial charge in [-0.3, -0.25) is 14.4 Å². The van der Waals surface area contributed by atoms with E-state index in [1.165, 1.54) is 18.3 Å². The molecule has 2 aromatic rings. The smallest absolute Gasteiger partial charge is 0.224 e. The predicted molar refractivity (Wildman–Crippen MR) is 94.6 cm³/mol. The molecule has 0 aliphatic carbocycles. The Kier molecular flexibility index (Phi) is 4.78. The average molecular weight is 339 g/mol. The molecule has 0 unspecified atom stereocenters. The van der Waals surface area contributed by atoms with Crippen molar-refractivity contribution in [1.29, 1.82) is 0 Å². The van der Waals surface area contributed by atoms with E-state index in [2.05, 4.69) is 50.2 Å². The van der Waals surface area contributed by atoms with E-state index in [1.807, 2.05) is 0 Å². The zero-order valence-electron chi connectivity index (χ0n) is 14.5. The first-order valence-corrected chi connectivity index (χ1v) is 9.16. The maximum Gasteiger partial charge on any atom is 0.224 e. The van der Waals surface area contributed by atoms with Crippen LogP contribution in [0.4, 0.5) is 0 Å². The number of carbonyl (C=O) groups is 1. The van der Waals surface area contributed by atoms with Crippen LogP contribution >= 0.6 is 0 Å². The summed E-state index contributed by atoms with van der Waals surface area (Å²) in [6.45, 7) is 4.58. The lowest BCUT2D eigenvalue weighted by Crippen LogP contribution is -2.47. The van der Waals surface area contributed by atoms with Gasteiger partial charge in [0.2, 0.25) is 5.91 Å². The fourth-order valence-corrected chi connectivity index (χ4v) is 4.16. The normalized spacial score (nSPS) is 23.6. The van der Waals surface area contributed by atoms with Gasteiger partial charge in [0.05, 0.1) is 6.54 Å². The SMILES string of the molecule is O=C(CCn1cncn1)N1C[C@@H]2CC[C@H]1CN(Cc1ccccc1)C2. The fourth-order valence-electron chi connectivity index (χ4n) is 4.16. The Balaban J connectivity index is 1.38. The maximum atomic E-state index is 12.7. The van der Waals surface area contributed by atoms with Gasteiger partial charge in [-0.2, -0.15) is 5.10 Å². The molecule has 1 amide bonds. The zero-order valence-corrected chi connectivity index (χ0v) is 14.5. The molecule has 3 saturated heterocycles. The molecule has 132 valence electrons. The Hall–Kier alpha value is -2.21. The number of nitrogens with zero attached hydrogens (tertiary/aromatic N) is 5. The number of fused-ring (bicyclic) bond motifs is 4. The number of aromatic nitrogens is 3. The summed E-state index contributed by atoms with van der Waals surface area (Å²) < 4.78 is 1.73. The van der Waals surface area contributed by atoms with E-state index < -0.39 is 0 Å². The third-order valence-corrected chi connectivity index (χ3v) is 5.38. The third-order valence-electron chi connectivity index (χ3n) is 5.38. The van der Waals surface area contributed by atoms with Crippen LogP contribution in [0.5, 0.6) is 0 Å². The molecule has 25 heavy (non-hydrogen) atoms. The second-order valence-corrected chi connectivity index (χ2v) is 7.23. The first kappa shape index (κ1) is 16.3. The van der Waals surface area contributed by atoms with E-state index in [1.54, 1.807) is 11.0 Å². The van der Waals surface area contributed by atoms with Gasteiger partial charge in [-0.25, -0.2) is 4.98 Å². The quantitative estimate of drug-likeness (QED) is 0.833. The Bertz CT molecular complexity index is 687. The minimum atomic E-state index is 0.256. The van der Waals surface area contributed by atoms with Crippen molar-refractivity contribution in [3.63, 3.8) is 0 Å². The number of piperidine rings is 1. The predicted octanol–water partition coefficient (Wildman–Crippen LogP) is 1.79. The lowest BCUT2D eigenvalue weighted by molar-refractivity contribution is -0.135. The molecule has 0 spiro atoms. The van der Waals surface area contributed by atoms with Crippen LogP contribution in [0.3, 0.4) is 0 Å². The molecular formula is C19H25N5O. The molecule has 5 rings (SSSR count). The second kappa shape index (κ2) is 7.35. The summed E-state index contributed by atoms with van der Waals surface area (Å²) in [5.41, 5.74) is 1.35. The lowest BCUT2D eigenvalue weighted by Gasteiger charge is -2.36. The molecular weight excluding hydrogens is 314 g/mol. The highest BCUT2D eigenvalue weighted by Gasteiger charge is 2.36. The average Bonchev–Trinajstić information content (AvgIpc) is 3.01. The zero-order chi connectivity index (χ0) is 17.1. The van der Waals surface area contributed by atoms with E-state index >= 15 is 0 Å². The Morgan fingerprint density at radius 3 is 2.80 bits per heavy atom. The van der Waals surface area contributed by atoms with Crippen molar-refractivity contribution in [2.24, 2.45) is 5.92 Å². The second-order valence-electron chi connectivity index (χ2n) is 7.23. The van der Waals surface area contributed by atoms with Crippen LogP contribution in [0.2, 0.25) is 0 Å². The summed E-state index contributed by atoms with van der Waals surface area (Å²) in [7, 11) is 0. The molecule has 3 fully saturated rings. The van der Waals surface area contributed by atoms with Crippen LogP contribution < -0.4 is 0 Å². The summed E-state index contributed by atoms with van der Waals surface area (Å²) >= 11 is 0. The van der Waals surface area contributed by atoms with Gasteiger partial charge in [0.25, 0.3) is 0 Å². The van der Waals surface area contributed by atoms with Crippen LogP contribution in [0, 0.1) is 5.92 Å². The number of aryl methyl sites for hydroxylation is 1. The van der Waals surface area contributed by atoms with Crippen LogP contribution in [0.1, 0.15) is 24.8 Å². The van der Waals surface area contributed by atoms with E-state index in [4.69, 9.17) is 0 Å². The van der Waals surface area contributed by atoms with E-state index in [-0.39, 0.29) is 5.91 Å². The van der Waals surface area contributed by atoms with Crippen molar-refractivity contribution >= 4 is 5.91 Å². The molecule has 6 heteroatoms. The van der Waals surface area contributed by atoms with Gasteiger partial charge in [0.1, 0.15) is 12.7 Å². The van der Waals surface area contributed by atoms with E-state index in [0.29, 0.717) is 24.9 Å². The number of benzene rings is 1. The maximum absolute atomic E-state index is 12.7. The Morgan fingerprint density at radius 2 is 2.00 bits per heavy atom. The number of carbonyl (C=O) groups excluding carboxylic acids is 1. The molecule has 6 nitrogen and oxygen atoms in total. The van der Waals surface area contributed by atoms with Crippen molar-refractivity contribution in [3.8, 4) is 0 Å². The van der Waals surface area contributed by atoms with Gasteiger partial charge in [0.15, 0.2) is 0 Å². The van der Waals surface area contributed by atoms with Gasteiger partial charge in [-0.05, 0) is 24.3 Å². The van der Waals surface area contributed by atoms with Crippen LogP contribution in [0.15, 0.2) is 43.0 Å². The number of rotatable bonds is 5. The first-order valence-electron chi connectivity index (χ1n) is 9.16. The topological polar surface area (TPSA) is 54.3 Å². The van der Waals surface area contributed by atoms with Crippen molar-refractivity contribution in [1.82, 2.24) is 24.6 Å². The molecule has 0 radical (unpaired) electrons. The molecule has 4 heterocycles. The molecule has 3 aliphatic heterocycles. The Labute approximate surface area is 148 Å². The highest BCUT2D eigenvalue weighted by atomic mass is 16.2. The van der Waals surface area contributed by atoms with E-state index in [0.717, 1.165) is 32.6 Å². The van der Waals surface area contributed by atoms with Gasteiger partial charge in [0, 0.05) is 38.6 Å². The van der Waals surface area contributed by atoms with Gasteiger partial charge < -0.3 is 4.90 Å². The van der Waals surface area contributed by atoms with Gasteiger partial charge in [-0.1, -0.05) is 30.3 Å². The first-order chi connectivity index (χ1) is 12.3. The number of hydrogen-bond donors (Lipinski definition) is 0. The largest absolute Gasteiger partial charge is 0.338 e. The minimum absolute atomic E-state index is 0.256. The van der Waals surface area contributed by atoms with Crippen LogP contribution in [-0.2, 0) is 17.9 Å². The van der Waals surface area contributed by atoms with Crippen molar-refractivity contribution in [3.05, 3.63) is 48.5 Å². The molecule has 3 aliphatic rings. The molecule has 2 atom stereocenters. The molecule has 1 aromatic heterocycles. The summed E-state index contributed by atoms with van der Waals surface area (Å²) in [4.78, 5) is 21.3. The van der Waals surface area contributed by atoms with Gasteiger partial charge in [-0.15, -0.1) is 0 Å². The van der Waals surface area contributed by atoms with Crippen LogP contribution in [-0.4, -0.2) is 56.1 Å². The summed E-state index contributed by atoms with van der Waals surface area (Å²) in [6.07, 6.45) is 6.06. The molecule has 2 bridgehead atoms. The Morgan fingerprint density at radius 1 is 1.12 bits per heavy atom. The van der Waals surface area contributed by atoms with Crippen molar-refractivity contribution in [2.45, 2.75) is 38.4 Å². The number of hydrogen-bond acceptors (Lipinski definition) is 4. The van der Waals surface area contributed by atoms with Crippen LogP contribution in [0.25, 0.3) is 0 Å². The van der Waals surface area contributed by atoms with E-state index in [9.17, 15) is 4.79 Å². The fraction of sp³-hybridized carbons (Fsp3) is 0.526. The standard InChI is InChI=1S/C19H25N5O/c25-19(8-9-23-15-20-14-21-23)24-12-17-6-7-18(24)13-22(11-17)10-16-4-2-1-3-5-16/h1-5,14-15,17-18H,6-13H2/t17-,18+/m1/s1. The summed E-state index contributed by atoms with van der Waals surface area (Å²) in [5.74, 6) is 0.851. The highest BCUT2D eigenvalue weighted by molar-refractivity contribution is 5.76. The minimum Gasteiger partial charge on any atom is -0.338 e. The molecule has 0 N–H and O–H groups in total. The number of amides is 1. The van der Waals surface area contributed by atoms with Gasteiger partial charge >= 0.3 is 0 Å². The lowest BCUT2D eigenvalue weighted by atomic mass is 9.94. The highest BCUT2D eigenvalue weighted by Crippen LogP contribution is 2.29. The summed E-state index contributed by atoms with van der Waals surface area (Å²) in [6, 6.07) is 11.0. The van der Waals surface area contributed by atoms with Crippen molar-refractivity contribution < 1.29 is 4.79 Å². The molecule has 1 aromatic carbocycles. The summed E-state index contributed by atoms with van der Waals surface area (Å²) in [5, 5.41) is 4.09. The third kappa shape index (κ3) is 3.90. The monoisotopic (exact) mass is 339 g/mol. The van der Waals surface area contributed by atoms with Crippen molar-refractivity contribution in [2.75, 3.05) is 19.6 Å². The molecule has 0 saturated carbocycles.